The van der Waals surface area contributed by atoms with Crippen molar-refractivity contribution >= 4 is 23.4 Å². The minimum absolute atomic E-state index is 0.304. The van der Waals surface area contributed by atoms with Crippen molar-refractivity contribution in [3.05, 3.63) is 29.6 Å². The quantitative estimate of drug-likeness (QED) is 0.677. The SMILES string of the molecule is CC[C@@H](C)N1C(=O)[C@@H]2[C@@H]([C@@H](C)O)N[C@@]3(C(=O)Nc4ccc(F)cc43)[C@@H]2C1=O. The molecule has 2 fully saturated rings. The summed E-state index contributed by atoms with van der Waals surface area (Å²) >= 11 is 0. The van der Waals surface area contributed by atoms with Gasteiger partial charge in [-0.2, -0.15) is 0 Å². The van der Waals surface area contributed by atoms with Crippen molar-refractivity contribution in [2.24, 2.45) is 11.8 Å². The maximum absolute atomic E-state index is 14.0. The van der Waals surface area contributed by atoms with E-state index in [1.807, 2.05) is 6.92 Å². The van der Waals surface area contributed by atoms with E-state index in [0.717, 1.165) is 0 Å². The summed E-state index contributed by atoms with van der Waals surface area (Å²) in [6.07, 6.45) is -0.399. The van der Waals surface area contributed by atoms with Crippen LogP contribution in [-0.4, -0.2) is 45.9 Å². The molecule has 6 atom stereocenters. The lowest BCUT2D eigenvalue weighted by molar-refractivity contribution is -0.145. The summed E-state index contributed by atoms with van der Waals surface area (Å²) in [5, 5.41) is 16.0. The number of rotatable bonds is 3. The smallest absolute Gasteiger partial charge is 0.250 e. The van der Waals surface area contributed by atoms with Crippen molar-refractivity contribution in [3.63, 3.8) is 0 Å². The molecule has 3 heterocycles. The van der Waals surface area contributed by atoms with E-state index in [2.05, 4.69) is 10.6 Å². The van der Waals surface area contributed by atoms with Crippen LogP contribution < -0.4 is 10.6 Å². The highest BCUT2D eigenvalue weighted by Gasteiger charge is 2.71. The first-order valence-corrected chi connectivity index (χ1v) is 9.18. The molecule has 0 aromatic heterocycles. The Morgan fingerprint density at radius 1 is 1.26 bits per heavy atom. The van der Waals surface area contributed by atoms with E-state index in [1.54, 1.807) is 6.92 Å². The molecule has 3 aliphatic heterocycles. The fraction of sp³-hybridized carbons (Fsp3) is 0.526. The number of hydrogen-bond acceptors (Lipinski definition) is 5. The molecular weight excluding hydrogens is 353 g/mol. The molecule has 0 radical (unpaired) electrons. The summed E-state index contributed by atoms with van der Waals surface area (Å²) in [5.41, 5.74) is -0.863. The molecule has 7 nitrogen and oxygen atoms in total. The van der Waals surface area contributed by atoms with Crippen molar-refractivity contribution in [1.82, 2.24) is 10.2 Å². The van der Waals surface area contributed by atoms with Crippen LogP contribution in [-0.2, 0) is 19.9 Å². The van der Waals surface area contributed by atoms with E-state index in [-0.39, 0.29) is 6.04 Å². The number of nitrogens with one attached hydrogen (secondary N) is 2. The van der Waals surface area contributed by atoms with E-state index in [1.165, 1.54) is 30.0 Å². The average Bonchev–Trinajstić information content (AvgIpc) is 3.20. The monoisotopic (exact) mass is 375 g/mol. The number of likely N-dealkylation sites (tertiary alicyclic amines) is 1. The Morgan fingerprint density at radius 3 is 2.59 bits per heavy atom. The van der Waals surface area contributed by atoms with Gasteiger partial charge < -0.3 is 10.4 Å². The van der Waals surface area contributed by atoms with Gasteiger partial charge in [0.05, 0.1) is 17.9 Å². The van der Waals surface area contributed by atoms with Gasteiger partial charge in [-0.25, -0.2) is 4.39 Å². The molecule has 3 aliphatic rings. The Bertz CT molecular complexity index is 857. The number of imide groups is 1. The molecule has 27 heavy (non-hydrogen) atoms. The number of carbonyl (C=O) groups excluding carboxylic acids is 3. The number of amides is 3. The van der Waals surface area contributed by atoms with E-state index >= 15 is 0 Å². The summed E-state index contributed by atoms with van der Waals surface area (Å²) in [6, 6.07) is 2.77. The van der Waals surface area contributed by atoms with Gasteiger partial charge in [-0.05, 0) is 38.5 Å². The second-order valence-electron chi connectivity index (χ2n) is 7.67. The predicted octanol–water partition coefficient (Wildman–Crippen LogP) is 0.725. The molecule has 3 amide bonds. The molecule has 3 N–H and O–H groups in total. The first kappa shape index (κ1) is 18.1. The Labute approximate surface area is 155 Å². The molecule has 0 aliphatic carbocycles. The number of aliphatic hydroxyl groups is 1. The highest BCUT2D eigenvalue weighted by atomic mass is 19.1. The van der Waals surface area contributed by atoms with Crippen molar-refractivity contribution < 1.29 is 23.9 Å². The largest absolute Gasteiger partial charge is 0.392 e. The van der Waals surface area contributed by atoms with E-state index in [9.17, 15) is 23.9 Å². The fourth-order valence-electron chi connectivity index (χ4n) is 4.76. The number of fused-ring (bicyclic) bond motifs is 4. The molecular formula is C19H22FN3O4. The van der Waals surface area contributed by atoms with E-state index < -0.39 is 53.1 Å². The number of carbonyl (C=O) groups is 3. The minimum atomic E-state index is -1.57. The third-order valence-corrected chi connectivity index (χ3v) is 6.20. The minimum Gasteiger partial charge on any atom is -0.392 e. The third-order valence-electron chi connectivity index (χ3n) is 6.20. The van der Waals surface area contributed by atoms with Crippen LogP contribution in [0.1, 0.15) is 32.8 Å². The Kier molecular flexibility index (Phi) is 3.91. The number of nitrogens with zero attached hydrogens (tertiary/aromatic N) is 1. The molecule has 1 spiro atoms. The Hall–Kier alpha value is -2.32. The zero-order chi connectivity index (χ0) is 19.7. The zero-order valence-electron chi connectivity index (χ0n) is 15.3. The summed E-state index contributed by atoms with van der Waals surface area (Å²) < 4.78 is 14.0. The van der Waals surface area contributed by atoms with Crippen LogP contribution in [0.4, 0.5) is 10.1 Å². The zero-order valence-corrected chi connectivity index (χ0v) is 15.3. The van der Waals surface area contributed by atoms with Gasteiger partial charge in [0.15, 0.2) is 0 Å². The highest BCUT2D eigenvalue weighted by molar-refractivity contribution is 6.15. The Balaban J connectivity index is 1.92. The molecule has 144 valence electrons. The average molecular weight is 375 g/mol. The van der Waals surface area contributed by atoms with Gasteiger partial charge in [0.2, 0.25) is 17.7 Å². The lowest BCUT2D eigenvalue weighted by Gasteiger charge is -2.31. The van der Waals surface area contributed by atoms with Gasteiger partial charge in [-0.1, -0.05) is 6.92 Å². The predicted molar refractivity (Wildman–Crippen MR) is 93.9 cm³/mol. The van der Waals surface area contributed by atoms with Crippen LogP contribution in [0.15, 0.2) is 18.2 Å². The van der Waals surface area contributed by atoms with Crippen LogP contribution in [0, 0.1) is 17.7 Å². The summed E-state index contributed by atoms with van der Waals surface area (Å²) in [7, 11) is 0. The van der Waals surface area contributed by atoms with Gasteiger partial charge in [-0.15, -0.1) is 0 Å². The summed E-state index contributed by atoms with van der Waals surface area (Å²) in [5.74, 6) is -3.81. The molecule has 1 aromatic carbocycles. The highest BCUT2D eigenvalue weighted by Crippen LogP contribution is 2.53. The second kappa shape index (κ2) is 5.84. The van der Waals surface area contributed by atoms with Crippen LogP contribution >= 0.6 is 0 Å². The molecule has 4 rings (SSSR count). The Morgan fingerprint density at radius 2 is 1.96 bits per heavy atom. The lowest BCUT2D eigenvalue weighted by atomic mass is 9.76. The van der Waals surface area contributed by atoms with Gasteiger partial charge >= 0.3 is 0 Å². The first-order valence-electron chi connectivity index (χ1n) is 9.18. The number of halogens is 1. The van der Waals surface area contributed by atoms with Crippen LogP contribution in [0.5, 0.6) is 0 Å². The molecule has 0 saturated carbocycles. The summed E-state index contributed by atoms with van der Waals surface area (Å²) in [6.45, 7) is 5.15. The van der Waals surface area contributed by atoms with Crippen LogP contribution in [0.3, 0.4) is 0 Å². The van der Waals surface area contributed by atoms with Gasteiger partial charge in [0.25, 0.3) is 0 Å². The molecule has 0 unspecified atom stereocenters. The third kappa shape index (κ3) is 2.17. The first-order chi connectivity index (χ1) is 12.7. The van der Waals surface area contributed by atoms with Gasteiger partial charge in [0, 0.05) is 23.3 Å². The molecule has 1 aromatic rings. The number of anilines is 1. The van der Waals surface area contributed by atoms with Crippen molar-refractivity contribution in [1.29, 1.82) is 0 Å². The maximum Gasteiger partial charge on any atom is 0.250 e. The maximum atomic E-state index is 14.0. The van der Waals surface area contributed by atoms with E-state index in [0.29, 0.717) is 17.7 Å². The second-order valence-corrected chi connectivity index (χ2v) is 7.67. The van der Waals surface area contributed by atoms with Crippen LogP contribution in [0.2, 0.25) is 0 Å². The number of benzene rings is 1. The van der Waals surface area contributed by atoms with E-state index in [4.69, 9.17) is 0 Å². The lowest BCUT2D eigenvalue weighted by Crippen LogP contribution is -2.55. The van der Waals surface area contributed by atoms with Gasteiger partial charge in [-0.3, -0.25) is 24.6 Å². The van der Waals surface area contributed by atoms with Crippen LogP contribution in [0.25, 0.3) is 0 Å². The standard InChI is InChI=1S/C19H22FN3O4/c1-4-8(2)23-16(25)13-14(17(23)26)19(22-15(13)9(3)24)11-7-10(20)5-6-12(11)21-18(19)27/h5-9,13-15,22,24H,4H2,1-3H3,(H,21,27)/t8-,9-,13+,14+,15-,19-/m1/s1. The van der Waals surface area contributed by atoms with Crippen molar-refractivity contribution in [2.45, 2.75) is 50.9 Å². The summed E-state index contributed by atoms with van der Waals surface area (Å²) in [4.78, 5) is 40.6. The van der Waals surface area contributed by atoms with Gasteiger partial charge in [0.1, 0.15) is 11.4 Å². The van der Waals surface area contributed by atoms with Crippen molar-refractivity contribution in [3.8, 4) is 0 Å². The van der Waals surface area contributed by atoms with Crippen molar-refractivity contribution in [2.75, 3.05) is 5.32 Å². The fourth-order valence-corrected chi connectivity index (χ4v) is 4.76. The topological polar surface area (TPSA) is 98.7 Å². The molecule has 8 heteroatoms. The molecule has 0 bridgehead atoms. The number of aliphatic hydroxyl groups excluding tert-OH is 1. The number of hydrogen-bond donors (Lipinski definition) is 3. The molecule has 2 saturated heterocycles. The normalized spacial score (nSPS) is 34.0.